The molecule has 3 atom stereocenters. The number of halogens is 3. The zero-order chi connectivity index (χ0) is 29.6. The van der Waals surface area contributed by atoms with Crippen molar-refractivity contribution in [2.45, 2.75) is 51.7 Å². The molecule has 0 bridgehead atoms. The number of hydrogen-bond acceptors (Lipinski definition) is 10. The number of carbonyl (C=O) groups is 2. The molecular formula is C25H36F3N7O6. The minimum atomic E-state index is -5.31. The number of carbonyl (C=O) groups excluding carboxylic acids is 2. The van der Waals surface area contributed by atoms with Crippen LogP contribution in [0.1, 0.15) is 26.7 Å². The van der Waals surface area contributed by atoms with Gasteiger partial charge in [-0.1, -0.05) is 13.8 Å². The Hall–Kier alpha value is -3.11. The highest BCUT2D eigenvalue weighted by Crippen LogP contribution is 2.42. The molecule has 41 heavy (non-hydrogen) atoms. The minimum Gasteiger partial charge on any atom is -0.378 e. The summed E-state index contributed by atoms with van der Waals surface area (Å²) in [5, 5.41) is 4.07. The lowest BCUT2D eigenvalue weighted by Gasteiger charge is -2.40. The third kappa shape index (κ3) is 5.44. The second-order valence-electron chi connectivity index (χ2n) is 11.3. The second kappa shape index (κ2) is 11.3. The molecule has 1 N–H and O–H groups in total. The van der Waals surface area contributed by atoms with E-state index in [1.165, 1.54) is 11.9 Å². The number of rotatable bonds is 7. The fraction of sp³-hybridized carbons (Fsp3) is 0.760. The van der Waals surface area contributed by atoms with E-state index in [0.717, 1.165) is 27.2 Å². The van der Waals surface area contributed by atoms with Crippen LogP contribution in [0.5, 0.6) is 0 Å². The Kier molecular flexibility index (Phi) is 8.09. The van der Waals surface area contributed by atoms with E-state index >= 15 is 0 Å². The molecule has 16 heteroatoms. The minimum absolute atomic E-state index is 0.0786. The Labute approximate surface area is 234 Å². The van der Waals surface area contributed by atoms with Crippen LogP contribution in [0.2, 0.25) is 0 Å². The fourth-order valence-corrected chi connectivity index (χ4v) is 6.12. The van der Waals surface area contributed by atoms with Crippen molar-refractivity contribution in [3.05, 3.63) is 20.8 Å². The first kappa shape index (κ1) is 29.4. The standard InChI is InChI=1S/C25H36F3N7O6/c1-15(2)4-6-33-19-20(30(3)24(39)34(21(19)37)14-18(36)31-8-10-40-11-9-31)35(41-22(38)25(26,27)28)23(33)32-7-5-16-12-29-13-17(16)32/h15-17,23,29H,4-14H2,1-3H3. The molecule has 1 amide bonds. The lowest BCUT2D eigenvalue weighted by atomic mass is 10.1. The number of likely N-dealkylation sites (tertiary alicyclic amines) is 1. The Morgan fingerprint density at radius 1 is 1.12 bits per heavy atom. The van der Waals surface area contributed by atoms with Crippen molar-refractivity contribution in [1.29, 1.82) is 0 Å². The van der Waals surface area contributed by atoms with Crippen LogP contribution in [0.3, 0.4) is 0 Å². The average Bonchev–Trinajstić information content (AvgIpc) is 3.62. The first-order valence-corrected chi connectivity index (χ1v) is 13.9. The number of hydrogen-bond donors (Lipinski definition) is 1. The molecule has 0 radical (unpaired) electrons. The van der Waals surface area contributed by atoms with E-state index in [-0.39, 0.29) is 35.9 Å². The number of alkyl halides is 3. The molecule has 0 spiro atoms. The van der Waals surface area contributed by atoms with E-state index in [0.29, 0.717) is 45.8 Å². The van der Waals surface area contributed by atoms with Gasteiger partial charge in [-0.2, -0.15) is 13.2 Å². The van der Waals surface area contributed by atoms with Gasteiger partial charge < -0.3 is 24.7 Å². The smallest absolute Gasteiger partial charge is 0.378 e. The number of nitrogens with zero attached hydrogens (tertiary/aromatic N) is 6. The quantitative estimate of drug-likeness (QED) is 0.454. The van der Waals surface area contributed by atoms with E-state index in [1.54, 1.807) is 4.90 Å². The maximum absolute atomic E-state index is 14.0. The largest absolute Gasteiger partial charge is 0.493 e. The van der Waals surface area contributed by atoms with Gasteiger partial charge in [-0.25, -0.2) is 14.2 Å². The molecular weight excluding hydrogens is 551 g/mol. The number of anilines is 2. The van der Waals surface area contributed by atoms with Crippen LogP contribution in [-0.2, 0) is 32.8 Å². The van der Waals surface area contributed by atoms with Crippen LogP contribution in [0.15, 0.2) is 9.59 Å². The van der Waals surface area contributed by atoms with E-state index in [9.17, 15) is 32.3 Å². The van der Waals surface area contributed by atoms with Gasteiger partial charge in [0, 0.05) is 45.8 Å². The zero-order valence-corrected chi connectivity index (χ0v) is 23.4. The van der Waals surface area contributed by atoms with Crippen LogP contribution in [0, 0.1) is 11.8 Å². The van der Waals surface area contributed by atoms with Crippen LogP contribution < -0.4 is 26.5 Å². The van der Waals surface area contributed by atoms with E-state index in [4.69, 9.17) is 9.57 Å². The molecule has 5 heterocycles. The van der Waals surface area contributed by atoms with Crippen molar-refractivity contribution in [3.8, 4) is 0 Å². The Morgan fingerprint density at radius 3 is 2.49 bits per heavy atom. The Bertz CT molecular complexity index is 1290. The van der Waals surface area contributed by atoms with Gasteiger partial charge >= 0.3 is 17.8 Å². The third-order valence-electron chi connectivity index (χ3n) is 8.28. The Morgan fingerprint density at radius 2 is 1.83 bits per heavy atom. The number of amides is 1. The summed E-state index contributed by atoms with van der Waals surface area (Å²) >= 11 is 0. The Balaban J connectivity index is 1.63. The highest BCUT2D eigenvalue weighted by molar-refractivity contribution is 5.80. The summed E-state index contributed by atoms with van der Waals surface area (Å²) in [7, 11) is 1.29. The summed E-state index contributed by atoms with van der Waals surface area (Å²) in [5.41, 5.74) is -1.82. The van der Waals surface area contributed by atoms with Crippen LogP contribution in [-0.4, -0.2) is 102 Å². The van der Waals surface area contributed by atoms with Crippen molar-refractivity contribution < 1.29 is 32.3 Å². The highest BCUT2D eigenvalue weighted by Gasteiger charge is 2.54. The lowest BCUT2D eigenvalue weighted by molar-refractivity contribution is -0.203. The van der Waals surface area contributed by atoms with Crippen molar-refractivity contribution in [3.63, 3.8) is 0 Å². The van der Waals surface area contributed by atoms with Crippen molar-refractivity contribution in [2.24, 2.45) is 18.9 Å². The molecule has 1 aromatic rings. The molecule has 0 aromatic carbocycles. The second-order valence-corrected chi connectivity index (χ2v) is 11.3. The summed E-state index contributed by atoms with van der Waals surface area (Å²) in [6.07, 6.45) is -5.07. The molecule has 228 valence electrons. The molecule has 4 aliphatic heterocycles. The molecule has 3 fully saturated rings. The van der Waals surface area contributed by atoms with Gasteiger partial charge in [-0.15, -0.1) is 5.06 Å². The predicted molar refractivity (Wildman–Crippen MR) is 140 cm³/mol. The topological polar surface area (TPSA) is 122 Å². The summed E-state index contributed by atoms with van der Waals surface area (Å²) in [4.78, 5) is 62.8. The molecule has 0 aliphatic carbocycles. The maximum atomic E-state index is 14.0. The van der Waals surface area contributed by atoms with Crippen LogP contribution >= 0.6 is 0 Å². The van der Waals surface area contributed by atoms with Crippen molar-refractivity contribution in [2.75, 3.05) is 62.4 Å². The van der Waals surface area contributed by atoms with Crippen LogP contribution in [0.25, 0.3) is 0 Å². The first-order chi connectivity index (χ1) is 19.4. The molecule has 3 saturated heterocycles. The fourth-order valence-electron chi connectivity index (χ4n) is 6.12. The average molecular weight is 588 g/mol. The predicted octanol–water partition coefficient (Wildman–Crippen LogP) is -0.324. The van der Waals surface area contributed by atoms with E-state index in [1.807, 2.05) is 18.7 Å². The van der Waals surface area contributed by atoms with Crippen molar-refractivity contribution >= 4 is 23.4 Å². The SMILES string of the molecule is CC(C)CCN1c2c(n(C)c(=O)n(CC(=O)N3CCOCC3)c2=O)N(OC(=O)C(F)(F)F)C1N1CCC2CNCC21. The zero-order valence-electron chi connectivity index (χ0n) is 23.4. The van der Waals surface area contributed by atoms with Gasteiger partial charge in [0.1, 0.15) is 6.54 Å². The number of ether oxygens (including phenoxy) is 1. The van der Waals surface area contributed by atoms with Gasteiger partial charge in [0.25, 0.3) is 5.56 Å². The maximum Gasteiger partial charge on any atom is 0.493 e. The van der Waals surface area contributed by atoms with Gasteiger partial charge in [0.15, 0.2) is 17.8 Å². The molecule has 0 saturated carbocycles. The van der Waals surface area contributed by atoms with Crippen molar-refractivity contribution in [1.82, 2.24) is 24.3 Å². The van der Waals surface area contributed by atoms with E-state index < -0.39 is 42.1 Å². The normalized spacial score (nSPS) is 24.8. The molecule has 5 rings (SSSR count). The van der Waals surface area contributed by atoms with Crippen LogP contribution in [0.4, 0.5) is 24.7 Å². The number of nitrogens with one attached hydrogen (secondary N) is 1. The molecule has 13 nitrogen and oxygen atoms in total. The summed E-state index contributed by atoms with van der Waals surface area (Å²) in [6, 6.07) is -0.0786. The number of morpholine rings is 1. The first-order valence-electron chi connectivity index (χ1n) is 13.9. The molecule has 1 aromatic heterocycles. The summed E-state index contributed by atoms with van der Waals surface area (Å²) in [6.45, 7) is 6.75. The number of fused-ring (bicyclic) bond motifs is 2. The van der Waals surface area contributed by atoms with Gasteiger partial charge in [-0.05, 0) is 31.2 Å². The highest BCUT2D eigenvalue weighted by atomic mass is 19.4. The van der Waals surface area contributed by atoms with E-state index in [2.05, 4.69) is 5.32 Å². The summed E-state index contributed by atoms with van der Waals surface area (Å²) in [5.74, 6) is -2.76. The lowest BCUT2D eigenvalue weighted by Crippen LogP contribution is -2.59. The third-order valence-corrected chi connectivity index (χ3v) is 8.28. The number of aromatic nitrogens is 2. The molecule has 3 unspecified atom stereocenters. The van der Waals surface area contributed by atoms with Gasteiger partial charge in [0.05, 0.1) is 13.2 Å². The van der Waals surface area contributed by atoms with Gasteiger partial charge in [0.2, 0.25) is 5.91 Å². The number of hydroxylamine groups is 1. The molecule has 4 aliphatic rings. The summed E-state index contributed by atoms with van der Waals surface area (Å²) < 4.78 is 47.5. The monoisotopic (exact) mass is 587 g/mol. The van der Waals surface area contributed by atoms with Gasteiger partial charge in [-0.3, -0.25) is 19.1 Å².